The highest BCUT2D eigenvalue weighted by molar-refractivity contribution is 9.10. The zero-order valence-corrected chi connectivity index (χ0v) is 15.2. The molecule has 0 unspecified atom stereocenters. The second kappa shape index (κ2) is 6.42. The molecule has 3 nitrogen and oxygen atoms in total. The van der Waals surface area contributed by atoms with E-state index in [1.165, 1.54) is 10.6 Å². The van der Waals surface area contributed by atoms with Crippen molar-refractivity contribution in [2.75, 3.05) is 31.1 Å². The van der Waals surface area contributed by atoms with E-state index in [1.54, 1.807) is 11.3 Å². The first-order valence-electron chi connectivity index (χ1n) is 7.42. The summed E-state index contributed by atoms with van der Waals surface area (Å²) in [5, 5.41) is 0. The van der Waals surface area contributed by atoms with Gasteiger partial charge in [-0.3, -0.25) is 4.79 Å². The van der Waals surface area contributed by atoms with E-state index in [9.17, 15) is 4.79 Å². The molecule has 1 aromatic heterocycles. The number of halogens is 1. The van der Waals surface area contributed by atoms with Crippen LogP contribution in [0.15, 0.2) is 34.8 Å². The van der Waals surface area contributed by atoms with Crippen molar-refractivity contribution >= 4 is 38.9 Å². The highest BCUT2D eigenvalue weighted by atomic mass is 79.9. The summed E-state index contributed by atoms with van der Waals surface area (Å²) >= 11 is 5.25. The Hall–Kier alpha value is -1.33. The van der Waals surface area contributed by atoms with E-state index >= 15 is 0 Å². The van der Waals surface area contributed by atoms with E-state index < -0.39 is 0 Å². The summed E-state index contributed by atoms with van der Waals surface area (Å²) in [4.78, 5) is 19.4. The number of para-hydroxylation sites is 1. The molecule has 2 aromatic rings. The fraction of sp³-hybridized carbons (Fsp3) is 0.353. The Morgan fingerprint density at radius 1 is 1.05 bits per heavy atom. The summed E-state index contributed by atoms with van der Waals surface area (Å²) in [6.45, 7) is 7.38. The first kappa shape index (κ1) is 15.6. The molecule has 0 spiro atoms. The minimum Gasteiger partial charge on any atom is -0.368 e. The molecule has 0 aliphatic carbocycles. The van der Waals surface area contributed by atoms with Crippen molar-refractivity contribution in [3.05, 3.63) is 50.1 Å². The van der Waals surface area contributed by atoms with Crippen molar-refractivity contribution in [2.45, 2.75) is 13.8 Å². The van der Waals surface area contributed by atoms with E-state index in [0.29, 0.717) is 0 Å². The normalized spacial score (nSPS) is 15.2. The predicted molar refractivity (Wildman–Crippen MR) is 96.1 cm³/mol. The van der Waals surface area contributed by atoms with Gasteiger partial charge in [0.05, 0.1) is 5.56 Å². The lowest BCUT2D eigenvalue weighted by atomic mass is 10.2. The molecule has 1 aromatic carbocycles. The van der Waals surface area contributed by atoms with Gasteiger partial charge in [-0.2, -0.15) is 0 Å². The third-order valence-electron chi connectivity index (χ3n) is 4.09. The van der Waals surface area contributed by atoms with Crippen LogP contribution in [0.3, 0.4) is 0 Å². The number of amides is 1. The number of carbonyl (C=O) groups excluding carboxylic acids is 1. The number of hydrogen-bond donors (Lipinski definition) is 0. The number of carbonyl (C=O) groups is 1. The van der Waals surface area contributed by atoms with Crippen molar-refractivity contribution in [1.29, 1.82) is 0 Å². The maximum atomic E-state index is 12.8. The number of hydrogen-bond acceptors (Lipinski definition) is 3. The number of rotatable bonds is 2. The van der Waals surface area contributed by atoms with Crippen LogP contribution in [-0.4, -0.2) is 37.0 Å². The second-order valence-electron chi connectivity index (χ2n) is 5.52. The van der Waals surface area contributed by atoms with Gasteiger partial charge in [-0.1, -0.05) is 18.2 Å². The molecule has 1 aliphatic rings. The Kier molecular flexibility index (Phi) is 4.54. The molecule has 1 saturated heterocycles. The van der Waals surface area contributed by atoms with Crippen LogP contribution in [0.4, 0.5) is 5.69 Å². The quantitative estimate of drug-likeness (QED) is 0.785. The lowest BCUT2D eigenvalue weighted by Crippen LogP contribution is -2.48. The van der Waals surface area contributed by atoms with Crippen LogP contribution in [0.5, 0.6) is 0 Å². The van der Waals surface area contributed by atoms with Crippen LogP contribution >= 0.6 is 27.3 Å². The van der Waals surface area contributed by atoms with Gasteiger partial charge in [-0.15, -0.1) is 11.3 Å². The van der Waals surface area contributed by atoms with E-state index in [1.807, 2.05) is 24.8 Å². The third-order valence-corrected chi connectivity index (χ3v) is 6.36. The molecule has 1 amide bonds. The molecule has 5 heteroatoms. The SMILES string of the molecule is Cc1sc(C)c(C(=O)N2CCN(c3ccccc3)CC2)c1Br. The Morgan fingerprint density at radius 2 is 1.68 bits per heavy atom. The van der Waals surface area contributed by atoms with E-state index in [-0.39, 0.29) is 5.91 Å². The number of piperazine rings is 1. The zero-order valence-electron chi connectivity index (χ0n) is 12.8. The summed E-state index contributed by atoms with van der Waals surface area (Å²) in [5.74, 6) is 0.154. The molecule has 22 heavy (non-hydrogen) atoms. The minimum absolute atomic E-state index is 0.154. The van der Waals surface area contributed by atoms with Crippen molar-refractivity contribution in [1.82, 2.24) is 4.90 Å². The van der Waals surface area contributed by atoms with Crippen LogP contribution in [0.2, 0.25) is 0 Å². The van der Waals surface area contributed by atoms with Gasteiger partial charge in [0, 0.05) is 46.1 Å². The predicted octanol–water partition coefficient (Wildman–Crippen LogP) is 4.09. The average Bonchev–Trinajstić information content (AvgIpc) is 2.80. The fourth-order valence-corrected chi connectivity index (χ4v) is 4.65. The molecule has 2 heterocycles. The number of aryl methyl sites for hydroxylation is 2. The lowest BCUT2D eigenvalue weighted by molar-refractivity contribution is 0.0745. The van der Waals surface area contributed by atoms with Crippen molar-refractivity contribution in [2.24, 2.45) is 0 Å². The monoisotopic (exact) mass is 378 g/mol. The molecule has 0 saturated carbocycles. The zero-order chi connectivity index (χ0) is 15.7. The Morgan fingerprint density at radius 3 is 2.23 bits per heavy atom. The van der Waals surface area contributed by atoms with E-state index in [0.717, 1.165) is 41.1 Å². The molecule has 116 valence electrons. The smallest absolute Gasteiger partial charge is 0.256 e. The largest absolute Gasteiger partial charge is 0.368 e. The molecule has 0 radical (unpaired) electrons. The first-order chi connectivity index (χ1) is 10.6. The summed E-state index contributed by atoms with van der Waals surface area (Å²) < 4.78 is 0.963. The first-order valence-corrected chi connectivity index (χ1v) is 9.03. The number of anilines is 1. The number of nitrogens with zero attached hydrogens (tertiary/aromatic N) is 2. The van der Waals surface area contributed by atoms with Crippen molar-refractivity contribution in [3.8, 4) is 0 Å². The average molecular weight is 379 g/mol. The van der Waals surface area contributed by atoms with E-state index in [2.05, 4.69) is 45.1 Å². The molecule has 1 fully saturated rings. The number of thiophene rings is 1. The molecule has 3 rings (SSSR count). The van der Waals surface area contributed by atoms with Crippen LogP contribution in [0.1, 0.15) is 20.1 Å². The minimum atomic E-state index is 0.154. The topological polar surface area (TPSA) is 23.6 Å². The van der Waals surface area contributed by atoms with Gasteiger partial charge < -0.3 is 9.80 Å². The van der Waals surface area contributed by atoms with E-state index in [4.69, 9.17) is 0 Å². The van der Waals surface area contributed by atoms with Crippen LogP contribution in [-0.2, 0) is 0 Å². The molecule has 0 N–H and O–H groups in total. The van der Waals surface area contributed by atoms with Gasteiger partial charge in [-0.05, 0) is 41.9 Å². The van der Waals surface area contributed by atoms with Gasteiger partial charge in [0.25, 0.3) is 5.91 Å². The Bertz CT molecular complexity index is 675. The second-order valence-corrected chi connectivity index (χ2v) is 7.74. The summed E-state index contributed by atoms with van der Waals surface area (Å²) in [7, 11) is 0. The summed E-state index contributed by atoms with van der Waals surface area (Å²) in [5.41, 5.74) is 2.08. The van der Waals surface area contributed by atoms with Crippen LogP contribution < -0.4 is 4.90 Å². The number of benzene rings is 1. The highest BCUT2D eigenvalue weighted by Crippen LogP contribution is 2.33. The Labute approximate surface area is 143 Å². The molecule has 0 atom stereocenters. The standard InChI is InChI=1S/C17H19BrN2OS/c1-12-15(16(18)13(2)22-12)17(21)20-10-8-19(9-11-20)14-6-4-3-5-7-14/h3-7H,8-11H2,1-2H3. The lowest BCUT2D eigenvalue weighted by Gasteiger charge is -2.36. The van der Waals surface area contributed by atoms with Gasteiger partial charge >= 0.3 is 0 Å². The van der Waals surface area contributed by atoms with Gasteiger partial charge in [-0.25, -0.2) is 0 Å². The molecular weight excluding hydrogens is 360 g/mol. The Balaban J connectivity index is 1.70. The summed E-state index contributed by atoms with van der Waals surface area (Å²) in [6.07, 6.45) is 0. The fourth-order valence-electron chi connectivity index (χ4n) is 2.87. The van der Waals surface area contributed by atoms with Gasteiger partial charge in [0.15, 0.2) is 0 Å². The van der Waals surface area contributed by atoms with Crippen molar-refractivity contribution in [3.63, 3.8) is 0 Å². The molecular formula is C17H19BrN2OS. The van der Waals surface area contributed by atoms with Crippen molar-refractivity contribution < 1.29 is 4.79 Å². The van der Waals surface area contributed by atoms with Gasteiger partial charge in [0.2, 0.25) is 0 Å². The maximum Gasteiger partial charge on any atom is 0.256 e. The third kappa shape index (κ3) is 2.92. The highest BCUT2D eigenvalue weighted by Gasteiger charge is 2.26. The maximum absolute atomic E-state index is 12.8. The summed E-state index contributed by atoms with van der Waals surface area (Å²) in [6, 6.07) is 10.4. The molecule has 0 bridgehead atoms. The van der Waals surface area contributed by atoms with Gasteiger partial charge in [0.1, 0.15) is 0 Å². The van der Waals surface area contributed by atoms with Crippen LogP contribution in [0, 0.1) is 13.8 Å². The molecule has 1 aliphatic heterocycles. The van der Waals surface area contributed by atoms with Crippen LogP contribution in [0.25, 0.3) is 0 Å².